The van der Waals surface area contributed by atoms with E-state index in [-0.39, 0.29) is 16.7 Å². The Morgan fingerprint density at radius 1 is 1.53 bits per heavy atom. The SMILES string of the molecule is O=C(O)n1cnc2c([N+](=O)[O-])cccc21. The maximum Gasteiger partial charge on any atom is 0.417 e. The lowest BCUT2D eigenvalue weighted by Gasteiger charge is -1.95. The van der Waals surface area contributed by atoms with Crippen LogP contribution in [0.3, 0.4) is 0 Å². The van der Waals surface area contributed by atoms with E-state index >= 15 is 0 Å². The van der Waals surface area contributed by atoms with Gasteiger partial charge in [-0.1, -0.05) is 6.07 Å². The zero-order chi connectivity index (χ0) is 11.0. The lowest BCUT2D eigenvalue weighted by Crippen LogP contribution is -2.05. The van der Waals surface area contributed by atoms with Crippen LogP contribution in [-0.2, 0) is 0 Å². The van der Waals surface area contributed by atoms with Gasteiger partial charge in [0.1, 0.15) is 6.33 Å². The maximum absolute atomic E-state index is 10.7. The Morgan fingerprint density at radius 2 is 2.27 bits per heavy atom. The Hall–Kier alpha value is -2.44. The molecule has 0 aliphatic carbocycles. The van der Waals surface area contributed by atoms with Gasteiger partial charge in [0.15, 0.2) is 5.52 Å². The highest BCUT2D eigenvalue weighted by molar-refractivity contribution is 5.90. The third-order valence-electron chi connectivity index (χ3n) is 1.96. The number of fused-ring (bicyclic) bond motifs is 1. The van der Waals surface area contributed by atoms with Gasteiger partial charge < -0.3 is 5.11 Å². The lowest BCUT2D eigenvalue weighted by atomic mass is 10.3. The van der Waals surface area contributed by atoms with Crippen molar-refractivity contribution in [2.75, 3.05) is 0 Å². The molecule has 0 aliphatic heterocycles. The fourth-order valence-corrected chi connectivity index (χ4v) is 1.32. The molecule has 7 nitrogen and oxygen atoms in total. The molecule has 0 amide bonds. The minimum atomic E-state index is -1.22. The summed E-state index contributed by atoms with van der Waals surface area (Å²) in [5.74, 6) is 0. The number of benzene rings is 1. The molecule has 0 aliphatic rings. The van der Waals surface area contributed by atoms with E-state index in [2.05, 4.69) is 4.98 Å². The highest BCUT2D eigenvalue weighted by Crippen LogP contribution is 2.23. The summed E-state index contributed by atoms with van der Waals surface area (Å²) in [6, 6.07) is 4.16. The molecule has 7 heteroatoms. The van der Waals surface area contributed by atoms with Crippen molar-refractivity contribution in [1.29, 1.82) is 0 Å². The van der Waals surface area contributed by atoms with Gasteiger partial charge in [-0.15, -0.1) is 0 Å². The Balaban J connectivity index is 2.80. The van der Waals surface area contributed by atoms with Crippen molar-refractivity contribution in [3.05, 3.63) is 34.6 Å². The first-order valence-electron chi connectivity index (χ1n) is 3.95. The van der Waals surface area contributed by atoms with Crippen LogP contribution in [-0.4, -0.2) is 25.7 Å². The number of para-hydroxylation sites is 1. The van der Waals surface area contributed by atoms with Crippen molar-refractivity contribution in [3.8, 4) is 0 Å². The molecular weight excluding hydrogens is 202 g/mol. The predicted molar refractivity (Wildman–Crippen MR) is 49.8 cm³/mol. The number of aromatic nitrogens is 2. The largest absolute Gasteiger partial charge is 0.464 e. The van der Waals surface area contributed by atoms with Gasteiger partial charge in [-0.3, -0.25) is 10.1 Å². The van der Waals surface area contributed by atoms with Crippen LogP contribution >= 0.6 is 0 Å². The molecule has 2 aromatic rings. The molecular formula is C8H5N3O4. The summed E-state index contributed by atoms with van der Waals surface area (Å²) in [6.07, 6.45) is -0.182. The topological polar surface area (TPSA) is 98.3 Å². The molecule has 0 atom stereocenters. The number of non-ortho nitro benzene ring substituents is 1. The van der Waals surface area contributed by atoms with Crippen LogP contribution in [0.2, 0.25) is 0 Å². The standard InChI is InChI=1S/C8H5N3O4/c12-8(13)10-4-9-7-5(10)2-1-3-6(7)11(14)15/h1-4H,(H,12,13). The third kappa shape index (κ3) is 1.30. The number of nitrogens with zero attached hydrogens (tertiary/aromatic N) is 3. The van der Waals surface area contributed by atoms with Crippen LogP contribution in [0.4, 0.5) is 10.5 Å². The molecule has 76 valence electrons. The van der Waals surface area contributed by atoms with Gasteiger partial charge in [-0.25, -0.2) is 14.3 Å². The van der Waals surface area contributed by atoms with E-state index in [1.807, 2.05) is 0 Å². The number of imidazole rings is 1. The van der Waals surface area contributed by atoms with E-state index in [0.717, 1.165) is 10.9 Å². The lowest BCUT2D eigenvalue weighted by molar-refractivity contribution is -0.383. The van der Waals surface area contributed by atoms with Crippen molar-refractivity contribution in [1.82, 2.24) is 9.55 Å². The van der Waals surface area contributed by atoms with E-state index in [4.69, 9.17) is 5.11 Å². The van der Waals surface area contributed by atoms with E-state index in [9.17, 15) is 14.9 Å². The molecule has 0 saturated heterocycles. The number of carboxylic acid groups (broad SMARTS) is 1. The molecule has 1 heterocycles. The molecule has 0 fully saturated rings. The van der Waals surface area contributed by atoms with Crippen molar-refractivity contribution < 1.29 is 14.8 Å². The van der Waals surface area contributed by atoms with Gasteiger partial charge in [-0.05, 0) is 6.07 Å². The summed E-state index contributed by atoms with van der Waals surface area (Å²) in [4.78, 5) is 24.4. The van der Waals surface area contributed by atoms with Gasteiger partial charge in [0.2, 0.25) is 0 Å². The fraction of sp³-hybridized carbons (Fsp3) is 0. The number of nitro groups is 1. The Bertz CT molecular complexity index is 560. The van der Waals surface area contributed by atoms with Crippen molar-refractivity contribution >= 4 is 22.8 Å². The normalized spacial score (nSPS) is 10.4. The van der Waals surface area contributed by atoms with Crippen LogP contribution in [0.1, 0.15) is 0 Å². The zero-order valence-electron chi connectivity index (χ0n) is 7.32. The minimum Gasteiger partial charge on any atom is -0.464 e. The maximum atomic E-state index is 10.7. The first-order chi connectivity index (χ1) is 7.11. The molecule has 0 spiro atoms. The summed E-state index contributed by atoms with van der Waals surface area (Å²) in [6.45, 7) is 0. The van der Waals surface area contributed by atoms with E-state index in [0.29, 0.717) is 0 Å². The van der Waals surface area contributed by atoms with Gasteiger partial charge in [0.05, 0.1) is 10.4 Å². The summed E-state index contributed by atoms with van der Waals surface area (Å²) in [5, 5.41) is 19.4. The van der Waals surface area contributed by atoms with Gasteiger partial charge >= 0.3 is 6.09 Å². The molecule has 0 saturated carbocycles. The number of rotatable bonds is 1. The average molecular weight is 207 g/mol. The second-order valence-corrected chi connectivity index (χ2v) is 2.80. The molecule has 0 radical (unpaired) electrons. The molecule has 0 bridgehead atoms. The van der Waals surface area contributed by atoms with Crippen LogP contribution in [0.5, 0.6) is 0 Å². The molecule has 1 N–H and O–H groups in total. The highest BCUT2D eigenvalue weighted by Gasteiger charge is 2.17. The molecule has 15 heavy (non-hydrogen) atoms. The second kappa shape index (κ2) is 3.05. The van der Waals surface area contributed by atoms with Gasteiger partial charge in [0.25, 0.3) is 5.69 Å². The van der Waals surface area contributed by atoms with Gasteiger partial charge in [-0.2, -0.15) is 0 Å². The van der Waals surface area contributed by atoms with Crippen LogP contribution in [0.15, 0.2) is 24.5 Å². The van der Waals surface area contributed by atoms with Crippen molar-refractivity contribution in [2.45, 2.75) is 0 Å². The molecule has 1 aromatic heterocycles. The number of hydrogen-bond acceptors (Lipinski definition) is 4. The summed E-state index contributed by atoms with van der Waals surface area (Å²) >= 11 is 0. The fourth-order valence-electron chi connectivity index (χ4n) is 1.32. The van der Waals surface area contributed by atoms with Crippen molar-refractivity contribution in [2.24, 2.45) is 0 Å². The monoisotopic (exact) mass is 207 g/mol. The number of carbonyl (C=O) groups is 1. The molecule has 2 rings (SSSR count). The summed E-state index contributed by atoms with van der Waals surface area (Å²) in [7, 11) is 0. The number of hydrogen-bond donors (Lipinski definition) is 1. The number of nitro benzene ring substituents is 1. The van der Waals surface area contributed by atoms with Crippen molar-refractivity contribution in [3.63, 3.8) is 0 Å². The Kier molecular flexibility index (Phi) is 1.86. The van der Waals surface area contributed by atoms with E-state index in [1.165, 1.54) is 18.2 Å². The van der Waals surface area contributed by atoms with Gasteiger partial charge in [0, 0.05) is 6.07 Å². The first-order valence-corrected chi connectivity index (χ1v) is 3.95. The van der Waals surface area contributed by atoms with Crippen LogP contribution in [0.25, 0.3) is 11.0 Å². The van der Waals surface area contributed by atoms with E-state index < -0.39 is 11.0 Å². The summed E-state index contributed by atoms with van der Waals surface area (Å²) < 4.78 is 0.836. The quantitative estimate of drug-likeness (QED) is 0.563. The highest BCUT2D eigenvalue weighted by atomic mass is 16.6. The Labute approximate surface area is 82.7 Å². The smallest absolute Gasteiger partial charge is 0.417 e. The predicted octanol–water partition coefficient (Wildman–Crippen LogP) is 1.47. The average Bonchev–Trinajstić information content (AvgIpc) is 2.59. The second-order valence-electron chi connectivity index (χ2n) is 2.80. The Morgan fingerprint density at radius 3 is 2.87 bits per heavy atom. The first kappa shape index (κ1) is 9.13. The molecule has 0 unspecified atom stereocenters. The zero-order valence-corrected chi connectivity index (χ0v) is 7.32. The van der Waals surface area contributed by atoms with Crippen LogP contribution < -0.4 is 0 Å². The minimum absolute atomic E-state index is 0.0740. The van der Waals surface area contributed by atoms with Crippen LogP contribution in [0, 0.1) is 10.1 Å². The summed E-state index contributed by atoms with van der Waals surface area (Å²) in [5.41, 5.74) is 0.0779. The molecule has 1 aromatic carbocycles. The van der Waals surface area contributed by atoms with E-state index in [1.54, 1.807) is 0 Å². The third-order valence-corrected chi connectivity index (χ3v) is 1.96.